The van der Waals surface area contributed by atoms with Gasteiger partial charge in [-0.25, -0.2) is 0 Å². The van der Waals surface area contributed by atoms with Crippen molar-refractivity contribution in [2.75, 3.05) is 0 Å². The molecule has 0 aliphatic carbocycles. The summed E-state index contributed by atoms with van der Waals surface area (Å²) in [6.45, 7) is 8.87. The molecule has 0 aromatic heterocycles. The molecule has 4 aliphatic rings. The van der Waals surface area contributed by atoms with Crippen LogP contribution in [-0.2, 0) is 38.9 Å². The maximum atomic E-state index is 11.5. The molecule has 1 atom stereocenters. The molecule has 0 radical (unpaired) electrons. The fourth-order valence-corrected chi connectivity index (χ4v) is 6.08. The second-order valence-corrected chi connectivity index (χ2v) is 9.23. The zero-order chi connectivity index (χ0) is 19.3. The molecule has 4 aliphatic heterocycles. The fourth-order valence-electron chi connectivity index (χ4n) is 3.37. The van der Waals surface area contributed by atoms with Gasteiger partial charge in [0.25, 0.3) is 0 Å². The van der Waals surface area contributed by atoms with Crippen molar-refractivity contribution >= 4 is 22.8 Å². The van der Waals surface area contributed by atoms with E-state index < -0.39 is 11.1 Å². The van der Waals surface area contributed by atoms with Crippen molar-refractivity contribution in [1.29, 1.82) is 5.46 Å². The summed E-state index contributed by atoms with van der Waals surface area (Å²) in [5.41, 5.74) is 16.6. The molecule has 0 fully saturated rings. The van der Waals surface area contributed by atoms with Crippen molar-refractivity contribution in [3.8, 4) is 0 Å². The van der Waals surface area contributed by atoms with E-state index in [0.717, 1.165) is 23.0 Å². The summed E-state index contributed by atoms with van der Waals surface area (Å²) in [6, 6.07) is 8.70. The molecular weight excluding hydrogens is 364 g/mol. The third-order valence-corrected chi connectivity index (χ3v) is 7.75. The van der Waals surface area contributed by atoms with Gasteiger partial charge in [0.15, 0.2) is 27.2 Å². The first-order chi connectivity index (χ1) is 12.5. The van der Waals surface area contributed by atoms with E-state index in [2.05, 4.69) is 56.5 Å². The molecule has 4 nitrogen and oxygen atoms in total. The van der Waals surface area contributed by atoms with E-state index in [9.17, 15) is 4.91 Å². The molecule has 2 aromatic rings. The summed E-state index contributed by atoms with van der Waals surface area (Å²) < 4.78 is 10.7. The molecule has 0 saturated carbocycles. The minimum atomic E-state index is -0.503. The van der Waals surface area contributed by atoms with Gasteiger partial charge in [0, 0.05) is 22.6 Å². The van der Waals surface area contributed by atoms with Crippen LogP contribution in [0.15, 0.2) is 28.8 Å². The predicted octanol–water partition coefficient (Wildman–Crippen LogP) is 5.56. The standard InChI is InChI=1S/C20H24NOS2.NO/c1-13-15(3)20-12-24(21-22)11-18-7-5-17(6-8-18)9-23-10-19(13)14(2)16(20)4;1-2/h5-8H,9-12H2,1-4H3;/q2*+1. The third kappa shape index (κ3) is 4.38. The van der Waals surface area contributed by atoms with Crippen molar-refractivity contribution in [2.24, 2.45) is 4.58 Å². The number of hydrogen-bond donors (Lipinski definition) is 0. The van der Waals surface area contributed by atoms with E-state index in [0.29, 0.717) is 0 Å². The second-order valence-electron chi connectivity index (χ2n) is 6.59. The SMILES string of the molecule is Cc1c(C)c2c(C)c(C)c1CSCc1ccc(cc1)C[S+](N=O)C2.N#[O+]. The summed E-state index contributed by atoms with van der Waals surface area (Å²) in [7, 11) is 0. The summed E-state index contributed by atoms with van der Waals surface area (Å²) in [5.74, 6) is 3.57. The molecule has 0 spiro atoms. The van der Waals surface area contributed by atoms with Crippen LogP contribution < -0.4 is 0 Å². The number of rotatable bonds is 1. The Labute approximate surface area is 162 Å². The summed E-state index contributed by atoms with van der Waals surface area (Å²) in [4.78, 5) is 11.5. The van der Waals surface area contributed by atoms with Crippen LogP contribution in [0.25, 0.3) is 0 Å². The van der Waals surface area contributed by atoms with E-state index in [1.807, 2.05) is 11.8 Å². The molecule has 26 heavy (non-hydrogen) atoms. The van der Waals surface area contributed by atoms with Crippen LogP contribution >= 0.6 is 11.8 Å². The fraction of sp³-hybridized carbons (Fsp3) is 0.400. The number of hydrogen-bond acceptors (Lipinski definition) is 4. The van der Waals surface area contributed by atoms with Gasteiger partial charge >= 0.3 is 10.2 Å². The first-order valence-electron chi connectivity index (χ1n) is 8.44. The van der Waals surface area contributed by atoms with Crippen molar-refractivity contribution in [3.05, 3.63) is 73.7 Å². The van der Waals surface area contributed by atoms with Crippen molar-refractivity contribution in [1.82, 2.24) is 0 Å². The number of thioether (sulfide) groups is 1. The Morgan fingerprint density at radius 1 is 0.846 bits per heavy atom. The van der Waals surface area contributed by atoms with Gasteiger partial charge < -0.3 is 0 Å². The van der Waals surface area contributed by atoms with E-state index >= 15 is 0 Å². The molecule has 4 heterocycles. The van der Waals surface area contributed by atoms with E-state index in [-0.39, 0.29) is 0 Å². The molecule has 4 bridgehead atoms. The van der Waals surface area contributed by atoms with Gasteiger partial charge in [-0.15, -0.1) is 0 Å². The van der Waals surface area contributed by atoms with Gasteiger partial charge in [-0.1, -0.05) is 29.2 Å². The first-order valence-corrected chi connectivity index (χ1v) is 11.1. The van der Waals surface area contributed by atoms with Gasteiger partial charge in [-0.2, -0.15) is 11.8 Å². The van der Waals surface area contributed by atoms with Gasteiger partial charge in [0.1, 0.15) is 0 Å². The van der Waals surface area contributed by atoms with Crippen LogP contribution in [0, 0.1) is 38.1 Å². The zero-order valence-corrected chi connectivity index (χ0v) is 17.3. The number of nitrogens with zero attached hydrogens (tertiary/aromatic N) is 2. The second kappa shape index (κ2) is 9.38. The molecular formula is C20H24N2O2S2+2. The van der Waals surface area contributed by atoms with Gasteiger partial charge in [-0.3, -0.25) is 0 Å². The molecule has 0 saturated heterocycles. The van der Waals surface area contributed by atoms with E-state index in [4.69, 9.17) is 10.2 Å². The van der Waals surface area contributed by atoms with Gasteiger partial charge in [-0.05, 0) is 61.1 Å². The van der Waals surface area contributed by atoms with E-state index in [1.54, 1.807) is 0 Å². The zero-order valence-electron chi connectivity index (χ0n) is 15.7. The Morgan fingerprint density at radius 2 is 1.35 bits per heavy atom. The van der Waals surface area contributed by atoms with Crippen LogP contribution in [0.1, 0.15) is 44.5 Å². The molecule has 6 heteroatoms. The Kier molecular flexibility index (Phi) is 7.47. The van der Waals surface area contributed by atoms with Crippen LogP contribution in [0.5, 0.6) is 0 Å². The molecule has 0 amide bonds. The topological polar surface area (TPSA) is 73.1 Å². The molecule has 6 rings (SSSR count). The van der Waals surface area contributed by atoms with Gasteiger partial charge in [0.05, 0.1) is 0 Å². The minimum absolute atomic E-state index is 0.503. The van der Waals surface area contributed by atoms with E-state index in [1.165, 1.54) is 44.5 Å². The average molecular weight is 389 g/mol. The molecule has 1 unspecified atom stereocenters. The Hall–Kier alpha value is -1.59. The predicted molar refractivity (Wildman–Crippen MR) is 110 cm³/mol. The van der Waals surface area contributed by atoms with Crippen molar-refractivity contribution < 1.29 is 4.77 Å². The van der Waals surface area contributed by atoms with Crippen molar-refractivity contribution in [2.45, 2.75) is 50.7 Å². The third-order valence-electron chi connectivity index (χ3n) is 5.22. The average Bonchev–Trinajstić information content (AvgIpc) is 2.67. The Balaban J connectivity index is 0.00000117. The quantitative estimate of drug-likeness (QED) is 0.474. The Morgan fingerprint density at radius 3 is 1.88 bits per heavy atom. The summed E-state index contributed by atoms with van der Waals surface area (Å²) in [5, 5.41) is 0. The van der Waals surface area contributed by atoms with Crippen molar-refractivity contribution in [3.63, 3.8) is 0 Å². The van der Waals surface area contributed by atoms with Gasteiger partial charge in [0.2, 0.25) is 0 Å². The van der Waals surface area contributed by atoms with Crippen LogP contribution in [-0.4, -0.2) is 0 Å². The van der Waals surface area contributed by atoms with Crippen LogP contribution in [0.2, 0.25) is 0 Å². The first kappa shape index (κ1) is 20.7. The number of nitroso groups, excluding NO2 is 1. The molecule has 136 valence electrons. The Bertz CT molecular complexity index is 788. The monoisotopic (exact) mass is 388 g/mol. The number of benzene rings is 2. The maximum absolute atomic E-state index is 11.5. The van der Waals surface area contributed by atoms with Crippen LogP contribution in [0.3, 0.4) is 0 Å². The molecule has 2 aromatic carbocycles. The molecule has 0 N–H and O–H groups in total. The van der Waals surface area contributed by atoms with Crippen LogP contribution in [0.4, 0.5) is 0 Å². The summed E-state index contributed by atoms with van der Waals surface area (Å²) in [6.07, 6.45) is 0. The normalized spacial score (nSPS) is 16.5. The summed E-state index contributed by atoms with van der Waals surface area (Å²) >= 11 is 1.48.